The summed E-state index contributed by atoms with van der Waals surface area (Å²) in [7, 11) is 0. The van der Waals surface area contributed by atoms with Gasteiger partial charge in [-0.25, -0.2) is 0 Å². The van der Waals surface area contributed by atoms with E-state index >= 15 is 0 Å². The van der Waals surface area contributed by atoms with Gasteiger partial charge in [0.05, 0.1) is 0 Å². The third-order valence-electron chi connectivity index (χ3n) is 3.38. The Morgan fingerprint density at radius 3 is 1.64 bits per heavy atom. The number of hydrogen-bond acceptors (Lipinski definition) is 2. The van der Waals surface area contributed by atoms with E-state index in [9.17, 15) is 0 Å². The van der Waals surface area contributed by atoms with E-state index in [2.05, 4.69) is 80.5 Å². The van der Waals surface area contributed by atoms with Crippen molar-refractivity contribution in [2.75, 3.05) is 6.61 Å². The van der Waals surface area contributed by atoms with Crippen molar-refractivity contribution in [2.45, 2.75) is 73.1 Å². The fourth-order valence-corrected chi connectivity index (χ4v) is 3.20. The van der Waals surface area contributed by atoms with Crippen LogP contribution in [0.1, 0.15) is 73.4 Å². The van der Waals surface area contributed by atoms with Crippen LogP contribution in [0.4, 0.5) is 0 Å². The molecule has 3 heteroatoms. The molecule has 0 aromatic heterocycles. The molecule has 0 saturated heterocycles. The van der Waals surface area contributed by atoms with Crippen molar-refractivity contribution < 1.29 is 7.58 Å². The molecule has 0 aliphatic carbocycles. The number of benzene rings is 1. The summed E-state index contributed by atoms with van der Waals surface area (Å²) < 4.78 is 12.0. The molecule has 22 heavy (non-hydrogen) atoms. The van der Waals surface area contributed by atoms with E-state index in [0.717, 1.165) is 12.4 Å². The van der Waals surface area contributed by atoms with Gasteiger partial charge in [-0.2, -0.15) is 0 Å². The molecule has 0 aliphatic rings. The Kier molecular flexibility index (Phi) is 6.18. The Bertz CT molecular complexity index is 455. The standard InChI is InChI=1S/C14H22O.C5H11O.Al/c1-13(2,3)10-8-7-9-11(12(10)15)14(4,5)6;1-5(2,3)4-6;/h7-9,15H,1-6H3;4H2,1-3H3;/q;-1;+3/p-1. The van der Waals surface area contributed by atoms with E-state index in [1.807, 2.05) is 0 Å². The van der Waals surface area contributed by atoms with E-state index in [1.165, 1.54) is 11.1 Å². The Balaban J connectivity index is 3.03. The first-order valence-electron chi connectivity index (χ1n) is 8.06. The van der Waals surface area contributed by atoms with Gasteiger partial charge >= 0.3 is 144 Å². The van der Waals surface area contributed by atoms with Gasteiger partial charge in [0.15, 0.2) is 0 Å². The fourth-order valence-electron chi connectivity index (χ4n) is 2.21. The molecule has 2 nitrogen and oxygen atoms in total. The summed E-state index contributed by atoms with van der Waals surface area (Å²) in [5.41, 5.74) is 2.80. The molecular formula is C19H32AlO2+. The van der Waals surface area contributed by atoms with Crippen molar-refractivity contribution in [3.63, 3.8) is 0 Å². The second kappa shape index (κ2) is 6.95. The molecule has 0 aliphatic heterocycles. The van der Waals surface area contributed by atoms with Gasteiger partial charge in [0.2, 0.25) is 0 Å². The van der Waals surface area contributed by atoms with Gasteiger partial charge in [-0.3, -0.25) is 0 Å². The summed E-state index contributed by atoms with van der Waals surface area (Å²) in [6, 6.07) is 6.49. The first-order chi connectivity index (χ1) is 9.82. The molecule has 0 atom stereocenters. The quantitative estimate of drug-likeness (QED) is 0.557. The van der Waals surface area contributed by atoms with Crippen LogP contribution in [0, 0.1) is 5.41 Å². The molecule has 0 radical (unpaired) electrons. The van der Waals surface area contributed by atoms with Crippen LogP contribution in [0.2, 0.25) is 0 Å². The summed E-state index contributed by atoms with van der Waals surface area (Å²) in [5.74, 6) is 1.02. The molecule has 0 fully saturated rings. The third kappa shape index (κ3) is 5.95. The summed E-state index contributed by atoms with van der Waals surface area (Å²) in [4.78, 5) is 0. The predicted octanol–water partition coefficient (Wildman–Crippen LogP) is 5.26. The van der Waals surface area contributed by atoms with Crippen LogP contribution >= 0.6 is 0 Å². The van der Waals surface area contributed by atoms with Gasteiger partial charge in [0.1, 0.15) is 0 Å². The first kappa shape index (κ1) is 19.6. The van der Waals surface area contributed by atoms with Gasteiger partial charge in [0, 0.05) is 0 Å². The van der Waals surface area contributed by atoms with Gasteiger partial charge < -0.3 is 0 Å². The molecule has 0 heterocycles. The van der Waals surface area contributed by atoms with Crippen LogP contribution in [-0.2, 0) is 14.6 Å². The van der Waals surface area contributed by atoms with Crippen LogP contribution in [0.25, 0.3) is 0 Å². The first-order valence-corrected chi connectivity index (χ1v) is 9.00. The minimum atomic E-state index is -0.496. The minimum absolute atomic E-state index is 0.0556. The Hall–Kier alpha value is -0.488. The zero-order valence-corrected chi connectivity index (χ0v) is 17.0. The topological polar surface area (TPSA) is 18.5 Å². The Morgan fingerprint density at radius 2 is 1.27 bits per heavy atom. The second-order valence-electron chi connectivity index (χ2n) is 9.27. The predicted molar refractivity (Wildman–Crippen MR) is 95.6 cm³/mol. The van der Waals surface area contributed by atoms with Crippen molar-refractivity contribution in [1.29, 1.82) is 0 Å². The molecule has 0 N–H and O–H groups in total. The van der Waals surface area contributed by atoms with Crippen LogP contribution in [0.5, 0.6) is 5.75 Å². The Labute approximate surface area is 144 Å². The maximum absolute atomic E-state index is 6.18. The number of rotatable bonds is 4. The summed E-state index contributed by atoms with van der Waals surface area (Å²) in [5, 5.41) is 0. The maximum atomic E-state index is 6.18. The average Bonchev–Trinajstić information content (AvgIpc) is 2.30. The molecular weight excluding hydrogens is 287 g/mol. The van der Waals surface area contributed by atoms with Crippen molar-refractivity contribution in [3.05, 3.63) is 29.3 Å². The van der Waals surface area contributed by atoms with Crippen LogP contribution < -0.4 is 3.79 Å². The van der Waals surface area contributed by atoms with Crippen molar-refractivity contribution in [2.24, 2.45) is 5.41 Å². The van der Waals surface area contributed by atoms with Crippen molar-refractivity contribution in [3.8, 4) is 5.75 Å². The normalized spacial score (nSPS) is 13.0. The van der Waals surface area contributed by atoms with E-state index < -0.39 is 15.9 Å². The van der Waals surface area contributed by atoms with Crippen LogP contribution in [0.15, 0.2) is 18.2 Å². The van der Waals surface area contributed by atoms with E-state index in [4.69, 9.17) is 7.58 Å². The summed E-state index contributed by atoms with van der Waals surface area (Å²) in [6.45, 7) is 20.6. The molecule has 122 valence electrons. The monoisotopic (exact) mass is 319 g/mol. The second-order valence-corrected chi connectivity index (χ2v) is 10.0. The van der Waals surface area contributed by atoms with Crippen molar-refractivity contribution in [1.82, 2.24) is 0 Å². The molecule has 0 unspecified atom stereocenters. The fraction of sp³-hybridized carbons (Fsp3) is 0.684. The van der Waals surface area contributed by atoms with Crippen LogP contribution in [-0.4, -0.2) is 22.5 Å². The zero-order valence-electron chi connectivity index (χ0n) is 15.8. The summed E-state index contributed by atoms with van der Waals surface area (Å²) >= 11 is -0.496. The van der Waals surface area contributed by atoms with E-state index in [-0.39, 0.29) is 16.2 Å². The third-order valence-corrected chi connectivity index (χ3v) is 4.02. The van der Waals surface area contributed by atoms with Crippen molar-refractivity contribution >= 4 is 15.9 Å². The average molecular weight is 319 g/mol. The molecule has 1 aromatic carbocycles. The van der Waals surface area contributed by atoms with Gasteiger partial charge in [0.25, 0.3) is 0 Å². The number of para-hydroxylation sites is 1. The molecule has 1 rings (SSSR count). The SMILES string of the molecule is CC(C)(C)C[O][Al+][O]c1c(C(C)(C)C)cccc1C(C)(C)C. The number of hydrogen-bond donors (Lipinski definition) is 0. The van der Waals surface area contributed by atoms with Crippen LogP contribution in [0.3, 0.4) is 0 Å². The van der Waals surface area contributed by atoms with Gasteiger partial charge in [-0.1, -0.05) is 0 Å². The zero-order chi connectivity index (χ0) is 17.2. The molecule has 1 aromatic rings. The molecule has 0 spiro atoms. The van der Waals surface area contributed by atoms with E-state index in [0.29, 0.717) is 0 Å². The molecule has 0 bridgehead atoms. The van der Waals surface area contributed by atoms with E-state index in [1.54, 1.807) is 0 Å². The Morgan fingerprint density at radius 1 is 0.818 bits per heavy atom. The van der Waals surface area contributed by atoms with Gasteiger partial charge in [-0.15, -0.1) is 0 Å². The summed E-state index contributed by atoms with van der Waals surface area (Å²) in [6.07, 6.45) is 0. The van der Waals surface area contributed by atoms with Gasteiger partial charge in [-0.05, 0) is 0 Å². The molecule has 0 saturated carbocycles. The molecule has 0 amide bonds.